The van der Waals surface area contributed by atoms with Crippen molar-refractivity contribution in [3.8, 4) is 0 Å². The minimum atomic E-state index is 0.506. The summed E-state index contributed by atoms with van der Waals surface area (Å²) in [5.41, 5.74) is 1.32. The fraction of sp³-hybridized carbons (Fsp3) is 1.00. The highest BCUT2D eigenvalue weighted by atomic mass is 31.0. The molecule has 1 rings (SSSR count). The van der Waals surface area contributed by atoms with Crippen molar-refractivity contribution in [3.05, 3.63) is 0 Å². The van der Waals surface area contributed by atoms with E-state index in [4.69, 9.17) is 0 Å². The van der Waals surface area contributed by atoms with Crippen LogP contribution in [0.2, 0.25) is 5.82 Å². The third-order valence-electron chi connectivity index (χ3n) is 6.13. The Hall–Kier alpha value is 0.495. The third-order valence-corrected chi connectivity index (χ3v) is 7.15. The summed E-state index contributed by atoms with van der Waals surface area (Å²) in [5.74, 6) is 3.69. The lowest BCUT2D eigenvalue weighted by atomic mass is 9.53. The van der Waals surface area contributed by atoms with E-state index in [-0.39, 0.29) is 0 Å². The van der Waals surface area contributed by atoms with Crippen LogP contribution in [0.3, 0.4) is 0 Å². The van der Waals surface area contributed by atoms with E-state index in [0.717, 1.165) is 29.2 Å². The molecule has 2 heteroatoms. The number of hydrogen-bond donors (Lipinski definition) is 0. The second-order valence-electron chi connectivity index (χ2n) is 8.01. The first-order valence-corrected chi connectivity index (χ1v) is 9.81. The smallest absolute Gasteiger partial charge is 0.106 e. The zero-order chi connectivity index (χ0) is 15.3. The highest BCUT2D eigenvalue weighted by Gasteiger charge is 2.45. The average Bonchev–Trinajstić information content (AvgIpc) is 2.39. The van der Waals surface area contributed by atoms with E-state index in [0.29, 0.717) is 5.41 Å². The molecule has 0 amide bonds. The van der Waals surface area contributed by atoms with Gasteiger partial charge in [-0.05, 0) is 41.7 Å². The van der Waals surface area contributed by atoms with Crippen LogP contribution in [0.4, 0.5) is 0 Å². The van der Waals surface area contributed by atoms with Crippen LogP contribution in [-0.2, 0) is 0 Å². The summed E-state index contributed by atoms with van der Waals surface area (Å²) in [5, 5.41) is 0. The third kappa shape index (κ3) is 4.25. The van der Waals surface area contributed by atoms with Crippen molar-refractivity contribution in [1.29, 1.82) is 0 Å². The summed E-state index contributed by atoms with van der Waals surface area (Å²) in [4.78, 5) is 0. The van der Waals surface area contributed by atoms with Gasteiger partial charge in [-0.15, -0.1) is 9.24 Å². The van der Waals surface area contributed by atoms with Crippen LogP contribution in [0.15, 0.2) is 0 Å². The van der Waals surface area contributed by atoms with Gasteiger partial charge in [-0.25, -0.2) is 0 Å². The molecule has 0 heterocycles. The Bertz CT molecular complexity index is 275. The van der Waals surface area contributed by atoms with Gasteiger partial charge in [0.1, 0.15) is 7.85 Å². The predicted molar refractivity (Wildman–Crippen MR) is 99.4 cm³/mol. The molecule has 0 spiro atoms. The second-order valence-corrected chi connectivity index (χ2v) is 8.78. The molecule has 0 bridgehead atoms. The van der Waals surface area contributed by atoms with Gasteiger partial charge in [0, 0.05) is 0 Å². The SMILES string of the molecule is BC1C(CCCC)CC(CC)C(C(C)(C)CCC)C1P. The molecular formula is C18H38BP. The van der Waals surface area contributed by atoms with Crippen LogP contribution in [0, 0.1) is 23.2 Å². The van der Waals surface area contributed by atoms with Gasteiger partial charge >= 0.3 is 0 Å². The molecule has 0 radical (unpaired) electrons. The molecule has 0 nitrogen and oxygen atoms in total. The van der Waals surface area contributed by atoms with Crippen molar-refractivity contribution in [2.24, 2.45) is 23.2 Å². The maximum Gasteiger partial charge on any atom is 0.106 e. The fourth-order valence-electron chi connectivity index (χ4n) is 4.94. The largest absolute Gasteiger partial charge is 0.135 e. The average molecular weight is 296 g/mol. The zero-order valence-electron chi connectivity index (χ0n) is 14.9. The summed E-state index contributed by atoms with van der Waals surface area (Å²) in [6, 6.07) is 0. The van der Waals surface area contributed by atoms with Gasteiger partial charge in [0.15, 0.2) is 0 Å². The number of hydrogen-bond acceptors (Lipinski definition) is 0. The lowest BCUT2D eigenvalue weighted by molar-refractivity contribution is 0.0617. The molecule has 6 atom stereocenters. The molecule has 20 heavy (non-hydrogen) atoms. The highest BCUT2D eigenvalue weighted by molar-refractivity contribution is 7.18. The molecule has 0 aromatic heterocycles. The van der Waals surface area contributed by atoms with E-state index in [2.05, 4.69) is 51.7 Å². The van der Waals surface area contributed by atoms with Crippen molar-refractivity contribution in [2.45, 2.75) is 91.0 Å². The first kappa shape index (κ1) is 18.5. The van der Waals surface area contributed by atoms with E-state index in [1.807, 2.05) is 0 Å². The normalized spacial score (nSPS) is 35.2. The lowest BCUT2D eigenvalue weighted by Crippen LogP contribution is -2.45. The van der Waals surface area contributed by atoms with Crippen molar-refractivity contribution >= 4 is 17.1 Å². The molecule has 118 valence electrons. The Labute approximate surface area is 131 Å². The Morgan fingerprint density at radius 3 is 2.25 bits per heavy atom. The van der Waals surface area contributed by atoms with Crippen molar-refractivity contribution < 1.29 is 0 Å². The Morgan fingerprint density at radius 2 is 1.75 bits per heavy atom. The molecule has 1 saturated carbocycles. The summed E-state index contributed by atoms with van der Waals surface area (Å²) in [6.45, 7) is 12.1. The summed E-state index contributed by atoms with van der Waals surface area (Å²) >= 11 is 0. The van der Waals surface area contributed by atoms with E-state index < -0.39 is 0 Å². The van der Waals surface area contributed by atoms with Crippen molar-refractivity contribution in [1.82, 2.24) is 0 Å². The van der Waals surface area contributed by atoms with E-state index in [9.17, 15) is 0 Å². The van der Waals surface area contributed by atoms with Crippen LogP contribution < -0.4 is 0 Å². The van der Waals surface area contributed by atoms with E-state index >= 15 is 0 Å². The second kappa shape index (κ2) is 8.21. The van der Waals surface area contributed by atoms with Gasteiger partial charge in [0.25, 0.3) is 0 Å². The summed E-state index contributed by atoms with van der Waals surface area (Å²) < 4.78 is 0. The minimum Gasteiger partial charge on any atom is -0.135 e. The fourth-order valence-corrected chi connectivity index (χ4v) is 6.09. The molecule has 1 aliphatic rings. The Balaban J connectivity index is 2.86. The maximum atomic E-state index is 3.26. The lowest BCUT2D eigenvalue weighted by Gasteiger charge is -2.52. The molecule has 0 aliphatic heterocycles. The molecule has 1 fully saturated rings. The van der Waals surface area contributed by atoms with Crippen LogP contribution in [0.1, 0.15) is 79.6 Å². The molecule has 0 aromatic carbocycles. The van der Waals surface area contributed by atoms with E-state index in [1.165, 1.54) is 44.9 Å². The zero-order valence-corrected chi connectivity index (χ0v) is 16.1. The quantitative estimate of drug-likeness (QED) is 0.440. The molecule has 6 unspecified atom stereocenters. The van der Waals surface area contributed by atoms with Crippen molar-refractivity contribution in [2.75, 3.05) is 0 Å². The van der Waals surface area contributed by atoms with Gasteiger partial charge in [-0.2, -0.15) is 0 Å². The van der Waals surface area contributed by atoms with Crippen LogP contribution in [-0.4, -0.2) is 13.5 Å². The van der Waals surface area contributed by atoms with Gasteiger partial charge in [0.05, 0.1) is 0 Å². The molecule has 0 aromatic rings. The van der Waals surface area contributed by atoms with E-state index in [1.54, 1.807) is 0 Å². The Kier molecular flexibility index (Phi) is 7.61. The molecular weight excluding hydrogens is 258 g/mol. The summed E-state index contributed by atoms with van der Waals surface area (Å²) in [6.07, 6.45) is 9.80. The first-order chi connectivity index (χ1) is 9.38. The topological polar surface area (TPSA) is 0 Å². The monoisotopic (exact) mass is 296 g/mol. The maximum absolute atomic E-state index is 3.26. The van der Waals surface area contributed by atoms with Crippen LogP contribution in [0.5, 0.6) is 0 Å². The Morgan fingerprint density at radius 1 is 1.10 bits per heavy atom. The molecule has 0 saturated heterocycles. The number of rotatable bonds is 7. The van der Waals surface area contributed by atoms with Crippen LogP contribution in [0.25, 0.3) is 0 Å². The molecule has 0 N–H and O–H groups in total. The molecule has 1 aliphatic carbocycles. The standard InChI is InChI=1S/C18H38BP/c1-6-9-10-14-12-13(8-3)15(17(20)16(14)19)18(4,5)11-7-2/h13-17H,6-12,19-20H2,1-5H3. The first-order valence-electron chi connectivity index (χ1n) is 9.14. The highest BCUT2D eigenvalue weighted by Crippen LogP contribution is 2.54. The van der Waals surface area contributed by atoms with Crippen molar-refractivity contribution in [3.63, 3.8) is 0 Å². The van der Waals surface area contributed by atoms with Gasteiger partial charge in [-0.3, -0.25) is 0 Å². The minimum absolute atomic E-state index is 0.506. The van der Waals surface area contributed by atoms with Gasteiger partial charge < -0.3 is 0 Å². The summed E-state index contributed by atoms with van der Waals surface area (Å²) in [7, 11) is 5.79. The van der Waals surface area contributed by atoms with Gasteiger partial charge in [-0.1, -0.05) is 72.5 Å². The van der Waals surface area contributed by atoms with Gasteiger partial charge in [0.2, 0.25) is 0 Å². The predicted octanol–water partition coefficient (Wildman–Crippen LogP) is 5.33. The van der Waals surface area contributed by atoms with Crippen LogP contribution >= 0.6 is 9.24 Å². The number of unbranched alkanes of at least 4 members (excludes halogenated alkanes) is 1.